The molecule has 0 aromatic heterocycles. The van der Waals surface area contributed by atoms with Crippen LogP contribution in [0.4, 0.5) is 10.1 Å². The van der Waals surface area contributed by atoms with Crippen LogP contribution in [0, 0.1) is 5.82 Å². The van der Waals surface area contributed by atoms with Crippen molar-refractivity contribution in [1.29, 1.82) is 0 Å². The molecule has 4 rings (SSSR count). The molecule has 1 N–H and O–H groups in total. The molecule has 0 bridgehead atoms. The number of sulfonamides is 1. The molecule has 11 heteroatoms. The molecule has 0 saturated heterocycles. The third kappa shape index (κ3) is 8.06. The van der Waals surface area contributed by atoms with Crippen molar-refractivity contribution in [3.05, 3.63) is 89.2 Å². The molecule has 43 heavy (non-hydrogen) atoms. The third-order valence-electron chi connectivity index (χ3n) is 7.65. The Balaban J connectivity index is 1.71. The first-order valence-corrected chi connectivity index (χ1v) is 16.2. The van der Waals surface area contributed by atoms with Crippen LogP contribution in [-0.2, 0) is 26.2 Å². The van der Waals surface area contributed by atoms with Crippen molar-refractivity contribution < 1.29 is 27.1 Å². The number of anilines is 1. The molecule has 1 aliphatic rings. The SMILES string of the molecule is CC[C@H](C(=O)NC1CCCCC1)N(Cc1ccc(OC)cc1)C(=O)CN(c1ccc(F)c(Cl)c1)S(=O)(=O)c1ccccc1. The fourth-order valence-electron chi connectivity index (χ4n) is 5.28. The molecule has 0 spiro atoms. The Morgan fingerprint density at radius 2 is 1.70 bits per heavy atom. The van der Waals surface area contributed by atoms with Crippen LogP contribution in [0.15, 0.2) is 77.7 Å². The Labute approximate surface area is 257 Å². The van der Waals surface area contributed by atoms with E-state index in [1.807, 2.05) is 6.92 Å². The van der Waals surface area contributed by atoms with E-state index < -0.39 is 34.3 Å². The smallest absolute Gasteiger partial charge is 0.264 e. The van der Waals surface area contributed by atoms with Crippen LogP contribution in [0.1, 0.15) is 51.0 Å². The number of carbonyl (C=O) groups excluding carboxylic acids is 2. The van der Waals surface area contributed by atoms with Gasteiger partial charge in [-0.15, -0.1) is 0 Å². The number of ether oxygens (including phenoxy) is 1. The number of methoxy groups -OCH3 is 1. The largest absolute Gasteiger partial charge is 0.497 e. The van der Waals surface area contributed by atoms with E-state index in [0.29, 0.717) is 12.2 Å². The second-order valence-electron chi connectivity index (χ2n) is 10.6. The van der Waals surface area contributed by atoms with E-state index in [9.17, 15) is 22.4 Å². The predicted octanol–water partition coefficient (Wildman–Crippen LogP) is 5.94. The number of nitrogens with zero attached hydrogens (tertiary/aromatic N) is 2. The van der Waals surface area contributed by atoms with E-state index >= 15 is 0 Å². The van der Waals surface area contributed by atoms with Gasteiger partial charge in [0.25, 0.3) is 10.0 Å². The van der Waals surface area contributed by atoms with Crippen LogP contribution in [-0.4, -0.2) is 50.9 Å². The second kappa shape index (κ2) is 14.7. The van der Waals surface area contributed by atoms with Gasteiger partial charge in [0.2, 0.25) is 11.8 Å². The Bertz CT molecular complexity index is 1500. The van der Waals surface area contributed by atoms with Crippen molar-refractivity contribution >= 4 is 39.1 Å². The average Bonchev–Trinajstić information content (AvgIpc) is 3.02. The van der Waals surface area contributed by atoms with E-state index in [-0.39, 0.29) is 34.1 Å². The fourth-order valence-corrected chi connectivity index (χ4v) is 6.88. The molecule has 0 heterocycles. The van der Waals surface area contributed by atoms with Gasteiger partial charge in [-0.1, -0.05) is 68.1 Å². The number of hydrogen-bond acceptors (Lipinski definition) is 5. The summed E-state index contributed by atoms with van der Waals surface area (Å²) in [5.74, 6) is -0.961. The van der Waals surface area contributed by atoms with Gasteiger partial charge < -0.3 is 15.0 Å². The van der Waals surface area contributed by atoms with E-state index in [4.69, 9.17) is 16.3 Å². The quantitative estimate of drug-likeness (QED) is 0.268. The van der Waals surface area contributed by atoms with Crippen LogP contribution in [0.25, 0.3) is 0 Å². The molecule has 1 saturated carbocycles. The maximum atomic E-state index is 14.2. The number of benzene rings is 3. The summed E-state index contributed by atoms with van der Waals surface area (Å²) in [6.45, 7) is 1.24. The van der Waals surface area contributed by atoms with Crippen LogP contribution in [0.5, 0.6) is 5.75 Å². The van der Waals surface area contributed by atoms with Crippen molar-refractivity contribution in [3.8, 4) is 5.75 Å². The summed E-state index contributed by atoms with van der Waals surface area (Å²) in [5.41, 5.74) is 0.757. The third-order valence-corrected chi connectivity index (χ3v) is 9.73. The van der Waals surface area contributed by atoms with Gasteiger partial charge in [-0.3, -0.25) is 13.9 Å². The van der Waals surface area contributed by atoms with E-state index in [1.54, 1.807) is 49.6 Å². The lowest BCUT2D eigenvalue weighted by Gasteiger charge is -2.34. The van der Waals surface area contributed by atoms with Crippen molar-refractivity contribution in [1.82, 2.24) is 10.2 Å². The van der Waals surface area contributed by atoms with Gasteiger partial charge in [-0.05, 0) is 67.3 Å². The van der Waals surface area contributed by atoms with Gasteiger partial charge in [0.05, 0.1) is 22.7 Å². The number of halogens is 2. The number of hydrogen-bond donors (Lipinski definition) is 1. The molecule has 3 aromatic rings. The van der Waals surface area contributed by atoms with Gasteiger partial charge in [0.1, 0.15) is 24.2 Å². The van der Waals surface area contributed by atoms with Gasteiger partial charge in [-0.2, -0.15) is 0 Å². The van der Waals surface area contributed by atoms with Crippen molar-refractivity contribution in [2.75, 3.05) is 18.0 Å². The number of amides is 2. The predicted molar refractivity (Wildman–Crippen MR) is 165 cm³/mol. The summed E-state index contributed by atoms with van der Waals surface area (Å²) in [6.07, 6.45) is 5.26. The highest BCUT2D eigenvalue weighted by atomic mass is 35.5. The number of carbonyl (C=O) groups is 2. The first-order valence-electron chi connectivity index (χ1n) is 14.4. The minimum atomic E-state index is -4.28. The molecule has 8 nitrogen and oxygen atoms in total. The average molecular weight is 630 g/mol. The maximum absolute atomic E-state index is 14.2. The molecule has 0 aliphatic heterocycles. The lowest BCUT2D eigenvalue weighted by Crippen LogP contribution is -2.54. The zero-order valence-electron chi connectivity index (χ0n) is 24.3. The molecule has 3 aromatic carbocycles. The lowest BCUT2D eigenvalue weighted by atomic mass is 9.95. The van der Waals surface area contributed by atoms with Gasteiger partial charge in [0, 0.05) is 12.6 Å². The summed E-state index contributed by atoms with van der Waals surface area (Å²) in [5, 5.41) is 2.83. The van der Waals surface area contributed by atoms with Crippen molar-refractivity contribution in [2.24, 2.45) is 0 Å². The molecule has 2 amide bonds. The van der Waals surface area contributed by atoms with Gasteiger partial charge in [0.15, 0.2) is 0 Å². The van der Waals surface area contributed by atoms with Gasteiger partial charge >= 0.3 is 0 Å². The lowest BCUT2D eigenvalue weighted by molar-refractivity contribution is -0.140. The number of rotatable bonds is 12. The van der Waals surface area contributed by atoms with Crippen molar-refractivity contribution in [3.63, 3.8) is 0 Å². The van der Waals surface area contributed by atoms with E-state index in [0.717, 1.165) is 48.0 Å². The first-order chi connectivity index (χ1) is 20.6. The standard InChI is InChI=1S/C32H37ClFN3O5S/c1-3-30(32(39)35-24-10-6-4-7-11-24)36(21-23-14-17-26(42-2)18-15-23)31(38)22-37(25-16-19-29(34)28(33)20-25)43(40,41)27-12-8-5-9-13-27/h5,8-9,12-20,24,30H,3-4,6-7,10-11,21-22H2,1-2H3,(H,35,39)/t30-/m1/s1. The van der Waals surface area contributed by atoms with Gasteiger partial charge in [-0.25, -0.2) is 12.8 Å². The highest BCUT2D eigenvalue weighted by Crippen LogP contribution is 2.29. The molecule has 1 aliphatic carbocycles. The zero-order chi connectivity index (χ0) is 31.0. The molecule has 230 valence electrons. The Morgan fingerprint density at radius 1 is 1.02 bits per heavy atom. The Hall–Kier alpha value is -3.63. The monoisotopic (exact) mass is 629 g/mol. The molecule has 0 unspecified atom stereocenters. The first kappa shape index (κ1) is 32.3. The zero-order valence-corrected chi connectivity index (χ0v) is 25.9. The molecular weight excluding hydrogens is 593 g/mol. The van der Waals surface area contributed by atoms with Crippen LogP contribution < -0.4 is 14.4 Å². The van der Waals surface area contributed by atoms with E-state index in [2.05, 4.69) is 5.32 Å². The Morgan fingerprint density at radius 3 is 2.30 bits per heavy atom. The normalized spacial score (nSPS) is 14.5. The highest BCUT2D eigenvalue weighted by Gasteiger charge is 2.34. The van der Waals surface area contributed by atoms with Crippen LogP contribution >= 0.6 is 11.6 Å². The summed E-state index contributed by atoms with van der Waals surface area (Å²) in [7, 11) is -2.73. The number of nitrogens with one attached hydrogen (secondary N) is 1. The highest BCUT2D eigenvalue weighted by molar-refractivity contribution is 7.92. The van der Waals surface area contributed by atoms with Crippen LogP contribution in [0.2, 0.25) is 5.02 Å². The Kier molecular flexibility index (Phi) is 11.0. The molecule has 1 atom stereocenters. The summed E-state index contributed by atoms with van der Waals surface area (Å²) < 4.78 is 48.0. The minimum Gasteiger partial charge on any atom is -0.497 e. The second-order valence-corrected chi connectivity index (χ2v) is 12.8. The summed E-state index contributed by atoms with van der Waals surface area (Å²) >= 11 is 6.04. The molecular formula is C32H37ClFN3O5S. The van der Waals surface area contributed by atoms with Crippen LogP contribution in [0.3, 0.4) is 0 Å². The molecule has 1 fully saturated rings. The van der Waals surface area contributed by atoms with E-state index in [1.165, 1.54) is 29.2 Å². The summed E-state index contributed by atoms with van der Waals surface area (Å²) in [6, 6.07) is 17.4. The molecule has 0 radical (unpaired) electrons. The van der Waals surface area contributed by atoms with Crippen molar-refractivity contribution in [2.45, 2.75) is 69.0 Å². The fraction of sp³-hybridized carbons (Fsp3) is 0.375. The topological polar surface area (TPSA) is 96.0 Å². The minimum absolute atomic E-state index is 0.0210. The maximum Gasteiger partial charge on any atom is 0.264 e. The summed E-state index contributed by atoms with van der Waals surface area (Å²) in [4.78, 5) is 29.2.